The van der Waals surface area contributed by atoms with Gasteiger partial charge < -0.3 is 10.1 Å². The quantitative estimate of drug-likeness (QED) is 0.860. The van der Waals surface area contributed by atoms with E-state index in [2.05, 4.69) is 20.9 Å². The van der Waals surface area contributed by atoms with Gasteiger partial charge in [-0.15, -0.1) is 0 Å². The van der Waals surface area contributed by atoms with Crippen molar-refractivity contribution >= 4 is 15.9 Å². The summed E-state index contributed by atoms with van der Waals surface area (Å²) < 4.78 is 0.980. The van der Waals surface area contributed by atoms with Crippen molar-refractivity contribution < 1.29 is 5.11 Å². The summed E-state index contributed by atoms with van der Waals surface area (Å²) in [6, 6.07) is 9.67. The van der Waals surface area contributed by atoms with Crippen LogP contribution in [0.1, 0.15) is 22.9 Å². The van der Waals surface area contributed by atoms with Crippen LogP contribution in [0.4, 0.5) is 0 Å². The minimum Gasteiger partial charge on any atom is -0.382 e. The molecule has 0 radical (unpaired) electrons. The number of aromatic amines is 1. The molecule has 0 saturated carbocycles. The number of aliphatic hydroxyl groups excluding tert-OH is 1. The van der Waals surface area contributed by atoms with Gasteiger partial charge in [-0.1, -0.05) is 22.0 Å². The average molecular weight is 266 g/mol. The molecule has 2 aromatic rings. The molecular weight excluding hydrogens is 254 g/mol. The van der Waals surface area contributed by atoms with E-state index in [-0.39, 0.29) is 0 Å². The molecule has 0 aliphatic rings. The predicted molar refractivity (Wildman–Crippen MR) is 63.7 cm³/mol. The number of halogens is 1. The second kappa shape index (κ2) is 4.21. The zero-order valence-electron chi connectivity index (χ0n) is 8.37. The predicted octanol–water partition coefficient (Wildman–Crippen LogP) is 3.17. The lowest BCUT2D eigenvalue weighted by molar-refractivity contribution is 0.215. The zero-order valence-corrected chi connectivity index (χ0v) is 9.95. The molecule has 0 fully saturated rings. The summed E-state index contributed by atoms with van der Waals surface area (Å²) in [5.41, 5.74) is 2.82. The Kier molecular flexibility index (Phi) is 2.93. The summed E-state index contributed by atoms with van der Waals surface area (Å²) >= 11 is 3.41. The highest BCUT2D eigenvalue weighted by atomic mass is 79.9. The molecule has 1 aromatic heterocycles. The van der Waals surface area contributed by atoms with Crippen LogP contribution in [0.3, 0.4) is 0 Å². The fourth-order valence-corrected chi connectivity index (χ4v) is 1.97. The summed E-state index contributed by atoms with van der Waals surface area (Å²) in [4.78, 5) is 3.02. The molecule has 15 heavy (non-hydrogen) atoms. The lowest BCUT2D eigenvalue weighted by Crippen LogP contribution is -2.02. The maximum absolute atomic E-state index is 10.1. The van der Waals surface area contributed by atoms with Crippen LogP contribution >= 0.6 is 15.9 Å². The topological polar surface area (TPSA) is 36.0 Å². The molecule has 1 heterocycles. The first-order valence-electron chi connectivity index (χ1n) is 4.76. The molecule has 1 atom stereocenters. The maximum atomic E-state index is 10.1. The monoisotopic (exact) mass is 265 g/mol. The first kappa shape index (κ1) is 10.5. The minimum atomic E-state index is -0.586. The molecular formula is C12H12BrNO. The highest BCUT2D eigenvalue weighted by Crippen LogP contribution is 2.26. The van der Waals surface area contributed by atoms with E-state index in [0.717, 1.165) is 21.3 Å². The fraction of sp³-hybridized carbons (Fsp3) is 0.167. The highest BCUT2D eigenvalue weighted by molar-refractivity contribution is 9.10. The lowest BCUT2D eigenvalue weighted by atomic mass is 10.0. The van der Waals surface area contributed by atoms with Gasteiger partial charge in [0.2, 0.25) is 0 Å². The second-order valence-corrected chi connectivity index (χ2v) is 4.44. The van der Waals surface area contributed by atoms with Gasteiger partial charge in [0.05, 0.1) is 0 Å². The normalized spacial score (nSPS) is 12.7. The molecule has 1 aromatic carbocycles. The molecule has 2 nitrogen and oxygen atoms in total. The van der Waals surface area contributed by atoms with Gasteiger partial charge in [0.1, 0.15) is 6.10 Å². The SMILES string of the molecule is Cc1ccc(Br)cc1C(O)c1ccc[nH]1. The number of hydrogen-bond donors (Lipinski definition) is 2. The van der Waals surface area contributed by atoms with Crippen LogP contribution in [-0.4, -0.2) is 10.1 Å². The van der Waals surface area contributed by atoms with E-state index in [1.165, 1.54) is 0 Å². The van der Waals surface area contributed by atoms with Crippen molar-refractivity contribution in [2.45, 2.75) is 13.0 Å². The molecule has 0 saturated heterocycles. The highest BCUT2D eigenvalue weighted by Gasteiger charge is 2.13. The van der Waals surface area contributed by atoms with Crippen molar-refractivity contribution in [1.29, 1.82) is 0 Å². The van der Waals surface area contributed by atoms with Crippen molar-refractivity contribution in [2.75, 3.05) is 0 Å². The van der Waals surface area contributed by atoms with Gasteiger partial charge in [-0.05, 0) is 42.3 Å². The number of nitrogens with one attached hydrogen (secondary N) is 1. The van der Waals surface area contributed by atoms with Gasteiger partial charge >= 0.3 is 0 Å². The van der Waals surface area contributed by atoms with Crippen molar-refractivity contribution in [1.82, 2.24) is 4.98 Å². The fourth-order valence-electron chi connectivity index (χ4n) is 1.59. The summed E-state index contributed by atoms with van der Waals surface area (Å²) in [6.45, 7) is 1.99. The van der Waals surface area contributed by atoms with Crippen molar-refractivity contribution in [3.05, 3.63) is 57.8 Å². The molecule has 78 valence electrons. The van der Waals surface area contributed by atoms with E-state index in [9.17, 15) is 5.11 Å². The van der Waals surface area contributed by atoms with Gasteiger partial charge in [-0.3, -0.25) is 0 Å². The van der Waals surface area contributed by atoms with Gasteiger partial charge in [0.25, 0.3) is 0 Å². The molecule has 0 bridgehead atoms. The van der Waals surface area contributed by atoms with Crippen LogP contribution in [0.5, 0.6) is 0 Å². The van der Waals surface area contributed by atoms with Crippen LogP contribution < -0.4 is 0 Å². The Labute approximate surface area is 97.1 Å². The molecule has 1 unspecified atom stereocenters. The Balaban J connectivity index is 2.41. The van der Waals surface area contributed by atoms with Gasteiger partial charge in [0.15, 0.2) is 0 Å². The Bertz CT molecular complexity index is 451. The van der Waals surface area contributed by atoms with E-state index in [1.807, 2.05) is 43.5 Å². The third-order valence-corrected chi connectivity index (χ3v) is 2.95. The van der Waals surface area contributed by atoms with Crippen molar-refractivity contribution in [2.24, 2.45) is 0 Å². The maximum Gasteiger partial charge on any atom is 0.119 e. The van der Waals surface area contributed by atoms with E-state index >= 15 is 0 Å². The third-order valence-electron chi connectivity index (χ3n) is 2.45. The summed E-state index contributed by atoms with van der Waals surface area (Å²) in [5, 5.41) is 10.1. The molecule has 2 N–H and O–H groups in total. The van der Waals surface area contributed by atoms with Crippen LogP contribution in [0, 0.1) is 6.92 Å². The van der Waals surface area contributed by atoms with E-state index in [0.29, 0.717) is 0 Å². The second-order valence-electron chi connectivity index (χ2n) is 3.53. The summed E-state index contributed by atoms with van der Waals surface area (Å²) in [7, 11) is 0. The van der Waals surface area contributed by atoms with Crippen molar-refractivity contribution in [3.63, 3.8) is 0 Å². The number of rotatable bonds is 2. The number of aliphatic hydroxyl groups is 1. The standard InChI is InChI=1S/C12H12BrNO/c1-8-4-5-9(13)7-10(8)12(15)11-3-2-6-14-11/h2-7,12,14-15H,1H3. The van der Waals surface area contributed by atoms with Gasteiger partial charge in [0, 0.05) is 16.4 Å². The van der Waals surface area contributed by atoms with Crippen LogP contribution in [0.2, 0.25) is 0 Å². The largest absolute Gasteiger partial charge is 0.382 e. The van der Waals surface area contributed by atoms with E-state index in [1.54, 1.807) is 0 Å². The zero-order chi connectivity index (χ0) is 10.8. The van der Waals surface area contributed by atoms with Crippen molar-refractivity contribution in [3.8, 4) is 0 Å². The van der Waals surface area contributed by atoms with Gasteiger partial charge in [-0.2, -0.15) is 0 Å². The molecule has 3 heteroatoms. The molecule has 0 aliphatic carbocycles. The van der Waals surface area contributed by atoms with Crippen LogP contribution in [-0.2, 0) is 0 Å². The first-order valence-corrected chi connectivity index (χ1v) is 5.55. The minimum absolute atomic E-state index is 0.586. The van der Waals surface area contributed by atoms with Gasteiger partial charge in [-0.25, -0.2) is 0 Å². The number of aryl methyl sites for hydroxylation is 1. The summed E-state index contributed by atoms with van der Waals surface area (Å²) in [6.07, 6.45) is 1.23. The Morgan fingerprint density at radius 3 is 2.80 bits per heavy atom. The van der Waals surface area contributed by atoms with Crippen LogP contribution in [0.15, 0.2) is 41.0 Å². The average Bonchev–Trinajstić information content (AvgIpc) is 2.74. The molecule has 2 rings (SSSR count). The van der Waals surface area contributed by atoms with E-state index < -0.39 is 6.10 Å². The lowest BCUT2D eigenvalue weighted by Gasteiger charge is -2.12. The number of H-pyrrole nitrogens is 1. The Morgan fingerprint density at radius 1 is 1.33 bits per heavy atom. The number of aromatic nitrogens is 1. The Morgan fingerprint density at radius 2 is 2.13 bits per heavy atom. The summed E-state index contributed by atoms with van der Waals surface area (Å²) in [5.74, 6) is 0. The van der Waals surface area contributed by atoms with E-state index in [4.69, 9.17) is 0 Å². The molecule has 0 aliphatic heterocycles. The molecule has 0 spiro atoms. The smallest absolute Gasteiger partial charge is 0.119 e. The molecule has 0 amide bonds. The first-order chi connectivity index (χ1) is 7.18. The Hall–Kier alpha value is -1.06. The van der Waals surface area contributed by atoms with Crippen LogP contribution in [0.25, 0.3) is 0 Å². The number of benzene rings is 1. The number of hydrogen-bond acceptors (Lipinski definition) is 1. The third kappa shape index (κ3) is 2.13.